The second kappa shape index (κ2) is 10.1. The van der Waals surface area contributed by atoms with Crippen molar-refractivity contribution in [3.63, 3.8) is 0 Å². The fourth-order valence-corrected chi connectivity index (χ4v) is 4.00. The van der Waals surface area contributed by atoms with Crippen molar-refractivity contribution in [1.29, 1.82) is 0 Å². The van der Waals surface area contributed by atoms with E-state index in [9.17, 15) is 31.1 Å². The van der Waals surface area contributed by atoms with Crippen LogP contribution in [-0.4, -0.2) is 23.8 Å². The molecular formula is C28H21F6NO. The molecule has 0 unspecified atom stereocenters. The summed E-state index contributed by atoms with van der Waals surface area (Å²) < 4.78 is 77.4. The van der Waals surface area contributed by atoms with Crippen LogP contribution in [0.25, 0.3) is 12.2 Å². The number of benzene rings is 3. The molecule has 4 rings (SSSR count). The second-order valence-electron chi connectivity index (χ2n) is 8.54. The highest BCUT2D eigenvalue weighted by atomic mass is 19.4. The number of piperidine rings is 1. The largest absolute Gasteiger partial charge is 0.416 e. The summed E-state index contributed by atoms with van der Waals surface area (Å²) in [4.78, 5) is 15.3. The van der Waals surface area contributed by atoms with Crippen molar-refractivity contribution in [1.82, 2.24) is 4.90 Å². The van der Waals surface area contributed by atoms with E-state index in [1.807, 2.05) is 35.2 Å². The minimum atomic E-state index is -4.46. The van der Waals surface area contributed by atoms with E-state index in [0.29, 0.717) is 28.8 Å². The number of carbonyl (C=O) groups is 1. The summed E-state index contributed by atoms with van der Waals surface area (Å²) in [6.45, 7) is 1.07. The maximum Gasteiger partial charge on any atom is 0.416 e. The standard InChI is InChI=1S/C28H21F6NO/c29-27(30,31)24-10-6-19(7-11-24)14-22-17-35(16-21-4-2-1-3-5-21)18-23(26(22)36)15-20-8-12-25(13-9-20)28(32,33)34/h1-15H,16-18H2. The van der Waals surface area contributed by atoms with Crippen LogP contribution in [0.1, 0.15) is 27.8 Å². The van der Waals surface area contributed by atoms with E-state index in [4.69, 9.17) is 0 Å². The number of ketones is 1. The van der Waals surface area contributed by atoms with Gasteiger partial charge in [-0.2, -0.15) is 26.3 Å². The van der Waals surface area contributed by atoms with Gasteiger partial charge < -0.3 is 0 Å². The summed E-state index contributed by atoms with van der Waals surface area (Å²) in [6, 6.07) is 18.6. The molecule has 1 saturated heterocycles. The smallest absolute Gasteiger partial charge is 0.290 e. The summed E-state index contributed by atoms with van der Waals surface area (Å²) in [6.07, 6.45) is -5.81. The Morgan fingerprint density at radius 3 is 1.44 bits per heavy atom. The van der Waals surface area contributed by atoms with Crippen LogP contribution in [-0.2, 0) is 23.7 Å². The van der Waals surface area contributed by atoms with E-state index in [1.54, 1.807) is 12.2 Å². The SMILES string of the molecule is O=C1C(=Cc2ccc(C(F)(F)F)cc2)CN(Cc2ccccc2)CC1=Cc1ccc(C(F)(F)F)cc1. The van der Waals surface area contributed by atoms with E-state index >= 15 is 0 Å². The van der Waals surface area contributed by atoms with Gasteiger partial charge >= 0.3 is 12.4 Å². The number of hydrogen-bond donors (Lipinski definition) is 0. The summed E-state index contributed by atoms with van der Waals surface area (Å²) in [5, 5.41) is 0. The molecular weight excluding hydrogens is 480 g/mol. The van der Waals surface area contributed by atoms with Crippen molar-refractivity contribution < 1.29 is 31.1 Å². The van der Waals surface area contributed by atoms with Crippen molar-refractivity contribution in [2.45, 2.75) is 18.9 Å². The van der Waals surface area contributed by atoms with Gasteiger partial charge in [0, 0.05) is 30.8 Å². The van der Waals surface area contributed by atoms with Crippen LogP contribution >= 0.6 is 0 Å². The minimum absolute atomic E-state index is 0.277. The number of Topliss-reactive ketones (excluding diaryl/α,β-unsaturated/α-hetero) is 1. The molecule has 0 atom stereocenters. The van der Waals surface area contributed by atoms with Crippen molar-refractivity contribution in [2.75, 3.05) is 13.1 Å². The number of likely N-dealkylation sites (tertiary alicyclic amines) is 1. The predicted octanol–water partition coefficient (Wildman–Crippen LogP) is 7.28. The molecule has 1 aliphatic rings. The van der Waals surface area contributed by atoms with E-state index in [0.717, 1.165) is 29.8 Å². The quantitative estimate of drug-likeness (QED) is 0.277. The van der Waals surface area contributed by atoms with Crippen LogP contribution in [0.5, 0.6) is 0 Å². The maximum atomic E-state index is 13.3. The summed E-state index contributed by atoms with van der Waals surface area (Å²) in [5.74, 6) is -0.292. The number of alkyl halides is 6. The van der Waals surface area contributed by atoms with Gasteiger partial charge in [0.1, 0.15) is 0 Å². The van der Waals surface area contributed by atoms with Gasteiger partial charge in [-0.1, -0.05) is 54.6 Å². The Bertz CT molecular complexity index is 1190. The normalized spacial score (nSPS) is 17.7. The molecule has 186 valence electrons. The maximum absolute atomic E-state index is 13.3. The summed E-state index contributed by atoms with van der Waals surface area (Å²) in [5.41, 5.74) is 1.10. The molecule has 0 spiro atoms. The first-order valence-corrected chi connectivity index (χ1v) is 11.1. The van der Waals surface area contributed by atoms with Gasteiger partial charge in [0.05, 0.1) is 11.1 Å². The molecule has 0 saturated carbocycles. The van der Waals surface area contributed by atoms with Crippen LogP contribution in [0, 0.1) is 0 Å². The number of rotatable bonds is 4. The lowest BCUT2D eigenvalue weighted by Gasteiger charge is -2.30. The van der Waals surface area contributed by atoms with Crippen LogP contribution < -0.4 is 0 Å². The topological polar surface area (TPSA) is 20.3 Å². The number of carbonyl (C=O) groups excluding carboxylic acids is 1. The molecule has 3 aromatic rings. The Kier molecular flexibility index (Phi) is 7.17. The molecule has 0 aromatic heterocycles. The van der Waals surface area contributed by atoms with E-state index in [-0.39, 0.29) is 18.9 Å². The van der Waals surface area contributed by atoms with Gasteiger partial charge in [0.25, 0.3) is 0 Å². The van der Waals surface area contributed by atoms with Crippen LogP contribution in [0.15, 0.2) is 90.0 Å². The highest BCUT2D eigenvalue weighted by Gasteiger charge is 2.31. The van der Waals surface area contributed by atoms with Gasteiger partial charge in [-0.15, -0.1) is 0 Å². The van der Waals surface area contributed by atoms with Gasteiger partial charge in [-0.25, -0.2) is 0 Å². The Hall–Kier alpha value is -3.65. The van der Waals surface area contributed by atoms with Crippen LogP contribution in [0.2, 0.25) is 0 Å². The molecule has 36 heavy (non-hydrogen) atoms. The number of halogens is 6. The van der Waals surface area contributed by atoms with E-state index in [2.05, 4.69) is 0 Å². The summed E-state index contributed by atoms with van der Waals surface area (Å²) >= 11 is 0. The average Bonchev–Trinajstić information content (AvgIpc) is 2.82. The van der Waals surface area contributed by atoms with Gasteiger partial charge in [0.15, 0.2) is 5.78 Å². The lowest BCUT2D eigenvalue weighted by atomic mass is 9.93. The van der Waals surface area contributed by atoms with Gasteiger partial charge in [-0.3, -0.25) is 9.69 Å². The molecule has 0 N–H and O–H groups in total. The number of nitrogens with zero attached hydrogens (tertiary/aromatic N) is 1. The Morgan fingerprint density at radius 1 is 0.639 bits per heavy atom. The minimum Gasteiger partial charge on any atom is -0.290 e. The first-order chi connectivity index (χ1) is 17.0. The van der Waals surface area contributed by atoms with E-state index in [1.165, 1.54) is 24.3 Å². The molecule has 1 heterocycles. The molecule has 1 aliphatic heterocycles. The highest BCUT2D eigenvalue weighted by molar-refractivity contribution is 6.14. The molecule has 3 aromatic carbocycles. The highest BCUT2D eigenvalue weighted by Crippen LogP contribution is 2.31. The third kappa shape index (κ3) is 6.31. The van der Waals surface area contributed by atoms with Crippen molar-refractivity contribution in [3.8, 4) is 0 Å². The second-order valence-corrected chi connectivity index (χ2v) is 8.54. The monoisotopic (exact) mass is 501 g/mol. The zero-order chi connectivity index (χ0) is 25.9. The average molecular weight is 501 g/mol. The molecule has 0 aliphatic carbocycles. The molecule has 0 amide bonds. The fraction of sp³-hybridized carbons (Fsp3) is 0.179. The summed E-state index contributed by atoms with van der Waals surface area (Å²) in [7, 11) is 0. The third-order valence-electron chi connectivity index (χ3n) is 5.78. The van der Waals surface area contributed by atoms with Crippen LogP contribution in [0.3, 0.4) is 0 Å². The number of hydrogen-bond acceptors (Lipinski definition) is 2. The van der Waals surface area contributed by atoms with Crippen molar-refractivity contribution >= 4 is 17.9 Å². The lowest BCUT2D eigenvalue weighted by molar-refractivity contribution is -0.138. The van der Waals surface area contributed by atoms with Gasteiger partial charge in [0.2, 0.25) is 0 Å². The lowest BCUT2D eigenvalue weighted by Crippen LogP contribution is -2.37. The van der Waals surface area contributed by atoms with Gasteiger partial charge in [-0.05, 0) is 53.1 Å². The van der Waals surface area contributed by atoms with Crippen molar-refractivity contribution in [3.05, 3.63) is 118 Å². The van der Waals surface area contributed by atoms with Crippen molar-refractivity contribution in [2.24, 2.45) is 0 Å². The zero-order valence-electron chi connectivity index (χ0n) is 18.9. The molecule has 0 bridgehead atoms. The van der Waals surface area contributed by atoms with E-state index < -0.39 is 23.5 Å². The molecule has 2 nitrogen and oxygen atoms in total. The molecule has 0 radical (unpaired) electrons. The Labute approximate surface area is 204 Å². The first-order valence-electron chi connectivity index (χ1n) is 11.1. The fourth-order valence-electron chi connectivity index (χ4n) is 4.00. The zero-order valence-corrected chi connectivity index (χ0v) is 18.9. The predicted molar refractivity (Wildman–Crippen MR) is 126 cm³/mol. The first kappa shape index (κ1) is 25.4. The van der Waals surface area contributed by atoms with Crippen LogP contribution in [0.4, 0.5) is 26.3 Å². The Balaban J connectivity index is 1.66. The molecule has 1 fully saturated rings. The Morgan fingerprint density at radius 2 is 1.06 bits per heavy atom. The molecule has 8 heteroatoms. The third-order valence-corrected chi connectivity index (χ3v) is 5.78.